The van der Waals surface area contributed by atoms with E-state index in [2.05, 4.69) is 71.0 Å². The van der Waals surface area contributed by atoms with Crippen molar-refractivity contribution >= 4 is 0 Å². The van der Waals surface area contributed by atoms with Crippen LogP contribution in [0.3, 0.4) is 0 Å². The largest absolute Gasteiger partial charge is 0.487 e. The number of fused-ring (bicyclic) bond motifs is 3. The number of allylic oxidation sites excluding steroid dienone is 4. The molecule has 0 radical (unpaired) electrons. The molecule has 27 heavy (non-hydrogen) atoms. The summed E-state index contributed by atoms with van der Waals surface area (Å²) in [5.41, 5.74) is 3.97. The molecule has 0 amide bonds. The standard InChI is InChI=1S/C25H36O2/c1-18(2)10-8-11-19(3)12-9-17-25(5)22-16-15-20(4)26-24(22)21-13-6-7-14-23(21)27-25/h6-7,10,12-14,20,22,24H,8-9,11,15-17H2,1-5H3. The number of benzene rings is 1. The summed E-state index contributed by atoms with van der Waals surface area (Å²) in [5, 5.41) is 0. The molecule has 1 aromatic rings. The molecule has 2 heterocycles. The molecule has 1 aromatic carbocycles. The van der Waals surface area contributed by atoms with Crippen LogP contribution in [0.25, 0.3) is 0 Å². The Bertz CT molecular complexity index is 698. The van der Waals surface area contributed by atoms with Gasteiger partial charge in [-0.25, -0.2) is 0 Å². The van der Waals surface area contributed by atoms with E-state index >= 15 is 0 Å². The Labute approximate surface area is 165 Å². The van der Waals surface area contributed by atoms with Gasteiger partial charge in [-0.2, -0.15) is 0 Å². The van der Waals surface area contributed by atoms with E-state index in [0.29, 0.717) is 12.0 Å². The Morgan fingerprint density at radius 2 is 1.89 bits per heavy atom. The van der Waals surface area contributed by atoms with E-state index in [0.717, 1.165) is 37.9 Å². The fraction of sp³-hybridized carbons (Fsp3) is 0.600. The highest BCUT2D eigenvalue weighted by Gasteiger charge is 2.48. The Hall–Kier alpha value is -1.54. The third-order valence-electron chi connectivity index (χ3n) is 6.21. The van der Waals surface area contributed by atoms with Crippen LogP contribution in [0.2, 0.25) is 0 Å². The molecular weight excluding hydrogens is 332 g/mol. The quantitative estimate of drug-likeness (QED) is 0.496. The fourth-order valence-electron chi connectivity index (χ4n) is 4.56. The van der Waals surface area contributed by atoms with Crippen LogP contribution in [0.5, 0.6) is 5.75 Å². The zero-order valence-corrected chi connectivity index (χ0v) is 17.8. The van der Waals surface area contributed by atoms with Crippen molar-refractivity contribution in [1.29, 1.82) is 0 Å². The monoisotopic (exact) mass is 368 g/mol. The molecule has 3 rings (SSSR count). The highest BCUT2D eigenvalue weighted by molar-refractivity contribution is 5.39. The molecule has 0 bridgehead atoms. The van der Waals surface area contributed by atoms with Gasteiger partial charge in [-0.1, -0.05) is 41.5 Å². The maximum atomic E-state index is 6.60. The van der Waals surface area contributed by atoms with E-state index in [1.54, 1.807) is 0 Å². The number of hydrogen-bond acceptors (Lipinski definition) is 2. The second-order valence-electron chi connectivity index (χ2n) is 8.91. The summed E-state index contributed by atoms with van der Waals surface area (Å²) in [6, 6.07) is 8.45. The third-order valence-corrected chi connectivity index (χ3v) is 6.21. The fourth-order valence-corrected chi connectivity index (χ4v) is 4.56. The van der Waals surface area contributed by atoms with E-state index in [4.69, 9.17) is 9.47 Å². The van der Waals surface area contributed by atoms with Crippen molar-refractivity contribution in [3.63, 3.8) is 0 Å². The maximum Gasteiger partial charge on any atom is 0.125 e. The second-order valence-corrected chi connectivity index (χ2v) is 8.91. The van der Waals surface area contributed by atoms with Gasteiger partial charge in [0.2, 0.25) is 0 Å². The minimum absolute atomic E-state index is 0.157. The second kappa shape index (κ2) is 8.65. The summed E-state index contributed by atoms with van der Waals surface area (Å²) in [4.78, 5) is 0. The molecule has 2 aliphatic rings. The summed E-state index contributed by atoms with van der Waals surface area (Å²) < 4.78 is 13.0. The highest BCUT2D eigenvalue weighted by atomic mass is 16.5. The SMILES string of the molecule is CC(C)=CCCC(C)=CCCC1(C)Oc2ccccc2C2OC(C)CCC21. The van der Waals surface area contributed by atoms with Crippen molar-refractivity contribution in [2.45, 2.75) is 91.0 Å². The topological polar surface area (TPSA) is 18.5 Å². The summed E-state index contributed by atoms with van der Waals surface area (Å²) in [6.45, 7) is 11.1. The first-order chi connectivity index (χ1) is 12.9. The predicted molar refractivity (Wildman–Crippen MR) is 113 cm³/mol. The Balaban J connectivity index is 1.70. The number of para-hydroxylation sites is 1. The molecule has 0 N–H and O–H groups in total. The first-order valence-corrected chi connectivity index (χ1v) is 10.6. The van der Waals surface area contributed by atoms with Crippen LogP contribution in [0.15, 0.2) is 47.6 Å². The van der Waals surface area contributed by atoms with E-state index in [1.165, 1.54) is 23.1 Å². The van der Waals surface area contributed by atoms with Gasteiger partial charge in [0.25, 0.3) is 0 Å². The Morgan fingerprint density at radius 3 is 2.67 bits per heavy atom. The number of hydrogen-bond donors (Lipinski definition) is 0. The van der Waals surface area contributed by atoms with Gasteiger partial charge in [0.15, 0.2) is 0 Å². The van der Waals surface area contributed by atoms with E-state index in [1.807, 2.05) is 0 Å². The average molecular weight is 369 g/mol. The average Bonchev–Trinajstić information content (AvgIpc) is 2.61. The minimum atomic E-state index is -0.157. The normalized spacial score (nSPS) is 30.1. The van der Waals surface area contributed by atoms with Crippen LogP contribution in [-0.4, -0.2) is 11.7 Å². The lowest BCUT2D eigenvalue weighted by atomic mass is 9.72. The zero-order valence-electron chi connectivity index (χ0n) is 17.8. The molecule has 2 heteroatoms. The first kappa shape index (κ1) is 20.2. The molecule has 4 atom stereocenters. The molecule has 0 saturated carbocycles. The van der Waals surface area contributed by atoms with Crippen molar-refractivity contribution in [2.24, 2.45) is 5.92 Å². The van der Waals surface area contributed by atoms with Gasteiger partial charge in [-0.15, -0.1) is 0 Å². The molecule has 148 valence electrons. The first-order valence-electron chi connectivity index (χ1n) is 10.6. The van der Waals surface area contributed by atoms with Gasteiger partial charge >= 0.3 is 0 Å². The summed E-state index contributed by atoms with van der Waals surface area (Å²) >= 11 is 0. The molecule has 4 unspecified atom stereocenters. The van der Waals surface area contributed by atoms with Gasteiger partial charge in [-0.3, -0.25) is 0 Å². The van der Waals surface area contributed by atoms with Crippen LogP contribution in [0.4, 0.5) is 0 Å². The van der Waals surface area contributed by atoms with Crippen LogP contribution in [0, 0.1) is 5.92 Å². The van der Waals surface area contributed by atoms with Gasteiger partial charge in [0.05, 0.1) is 12.2 Å². The van der Waals surface area contributed by atoms with Crippen molar-refractivity contribution in [3.8, 4) is 5.75 Å². The van der Waals surface area contributed by atoms with Crippen molar-refractivity contribution in [3.05, 3.63) is 53.1 Å². The van der Waals surface area contributed by atoms with Crippen LogP contribution >= 0.6 is 0 Å². The van der Waals surface area contributed by atoms with Crippen molar-refractivity contribution in [1.82, 2.24) is 0 Å². The smallest absolute Gasteiger partial charge is 0.125 e. The number of ether oxygens (including phenoxy) is 2. The van der Waals surface area contributed by atoms with Crippen molar-refractivity contribution in [2.75, 3.05) is 0 Å². The lowest BCUT2D eigenvalue weighted by Gasteiger charge is -2.50. The van der Waals surface area contributed by atoms with E-state index in [9.17, 15) is 0 Å². The van der Waals surface area contributed by atoms with Gasteiger partial charge in [0, 0.05) is 11.5 Å². The molecule has 1 saturated heterocycles. The minimum Gasteiger partial charge on any atom is -0.487 e. The predicted octanol–water partition coefficient (Wildman–Crippen LogP) is 7.17. The molecular formula is C25H36O2. The molecule has 0 aromatic heterocycles. The maximum absolute atomic E-state index is 6.60. The van der Waals surface area contributed by atoms with E-state index < -0.39 is 0 Å². The zero-order chi connectivity index (χ0) is 19.4. The van der Waals surface area contributed by atoms with Crippen LogP contribution < -0.4 is 4.74 Å². The molecule has 0 aliphatic carbocycles. The molecule has 1 fully saturated rings. The Kier molecular flexibility index (Phi) is 6.47. The number of rotatable bonds is 6. The summed E-state index contributed by atoms with van der Waals surface area (Å²) in [6.07, 6.45) is 11.9. The van der Waals surface area contributed by atoms with E-state index in [-0.39, 0.29) is 11.7 Å². The van der Waals surface area contributed by atoms with Crippen LogP contribution in [0.1, 0.15) is 84.8 Å². The molecule has 2 nitrogen and oxygen atoms in total. The van der Waals surface area contributed by atoms with Crippen molar-refractivity contribution < 1.29 is 9.47 Å². The molecule has 0 spiro atoms. The highest BCUT2D eigenvalue weighted by Crippen LogP contribution is 2.51. The molecule has 2 aliphatic heterocycles. The van der Waals surface area contributed by atoms with Crippen LogP contribution in [-0.2, 0) is 4.74 Å². The third kappa shape index (κ3) is 4.85. The Morgan fingerprint density at radius 1 is 1.11 bits per heavy atom. The summed E-state index contributed by atoms with van der Waals surface area (Å²) in [7, 11) is 0. The lowest BCUT2D eigenvalue weighted by molar-refractivity contribution is -0.152. The van der Waals surface area contributed by atoms with Gasteiger partial charge in [-0.05, 0) is 79.2 Å². The van der Waals surface area contributed by atoms with Gasteiger partial charge < -0.3 is 9.47 Å². The lowest BCUT2D eigenvalue weighted by Crippen LogP contribution is -2.50. The van der Waals surface area contributed by atoms with Gasteiger partial charge in [0.1, 0.15) is 11.4 Å². The summed E-state index contributed by atoms with van der Waals surface area (Å²) in [5.74, 6) is 1.45.